The summed E-state index contributed by atoms with van der Waals surface area (Å²) in [5.74, 6) is -1.19. The molecule has 7 rings (SSSR count). The van der Waals surface area contributed by atoms with Crippen molar-refractivity contribution in [2.75, 3.05) is 4.90 Å². The third-order valence-electron chi connectivity index (χ3n) is 8.24. The van der Waals surface area contributed by atoms with Gasteiger partial charge < -0.3 is 10.0 Å². The van der Waals surface area contributed by atoms with E-state index in [9.17, 15) is 15.2 Å². The lowest BCUT2D eigenvalue weighted by Crippen LogP contribution is -2.13. The fraction of sp³-hybridized carbons (Fsp3) is 0.135. The molecule has 216 valence electrons. The van der Waals surface area contributed by atoms with Crippen molar-refractivity contribution >= 4 is 68.4 Å². The Morgan fingerprint density at radius 1 is 0.886 bits per heavy atom. The highest BCUT2D eigenvalue weighted by molar-refractivity contribution is 8.08. The Bertz CT molecular complexity index is 1940. The zero-order valence-corrected chi connectivity index (χ0v) is 26.6. The standard InChI is InChI=1S/C37H28N2O2S3/c1-37(2)29-20-28(19-24(22-38)36(40)41)42-34(29)35-30(37)21-33(44-35)32-18-17-31(43-32)23-13-15-27(16-14-23)39(25-9-5-3-6-10-25)26-11-7-4-8-12-26/h3-17,19-21,32H,18H2,1-2H3,(H,40,41)/b24-19+. The summed E-state index contributed by atoms with van der Waals surface area (Å²) in [6.45, 7) is 4.47. The van der Waals surface area contributed by atoms with Crippen LogP contribution in [-0.2, 0) is 10.2 Å². The second kappa shape index (κ2) is 11.3. The van der Waals surface area contributed by atoms with Crippen LogP contribution >= 0.6 is 34.4 Å². The maximum absolute atomic E-state index is 11.4. The number of nitriles is 1. The topological polar surface area (TPSA) is 64.3 Å². The monoisotopic (exact) mass is 628 g/mol. The summed E-state index contributed by atoms with van der Waals surface area (Å²) >= 11 is 5.36. The third-order valence-corrected chi connectivity index (χ3v) is 12.3. The average molecular weight is 629 g/mol. The van der Waals surface area contributed by atoms with Gasteiger partial charge in [0.1, 0.15) is 11.6 Å². The van der Waals surface area contributed by atoms with Crippen LogP contribution in [0.2, 0.25) is 0 Å². The lowest BCUT2D eigenvalue weighted by Gasteiger charge is -2.25. The van der Waals surface area contributed by atoms with Gasteiger partial charge in [-0.25, -0.2) is 4.79 Å². The van der Waals surface area contributed by atoms with E-state index in [0.717, 1.165) is 28.4 Å². The number of thioether (sulfide) groups is 1. The summed E-state index contributed by atoms with van der Waals surface area (Å²) in [6, 6.07) is 36.0. The molecule has 0 saturated heterocycles. The van der Waals surface area contributed by atoms with Crippen LogP contribution in [0.3, 0.4) is 0 Å². The molecular formula is C37H28N2O2S3. The Morgan fingerprint density at radius 3 is 2.09 bits per heavy atom. The Hall–Kier alpha value is -4.35. The molecule has 1 unspecified atom stereocenters. The van der Waals surface area contributed by atoms with Gasteiger partial charge in [-0.15, -0.1) is 34.4 Å². The normalized spacial score (nSPS) is 16.6. The second-order valence-corrected chi connectivity index (χ2v) is 14.8. The van der Waals surface area contributed by atoms with Crippen molar-refractivity contribution in [3.63, 3.8) is 0 Å². The van der Waals surface area contributed by atoms with E-state index in [2.05, 4.69) is 110 Å². The molecule has 0 saturated carbocycles. The number of benzene rings is 3. The first-order valence-electron chi connectivity index (χ1n) is 14.3. The van der Waals surface area contributed by atoms with Crippen molar-refractivity contribution in [1.29, 1.82) is 5.26 Å². The zero-order valence-electron chi connectivity index (χ0n) is 24.2. The highest BCUT2D eigenvalue weighted by atomic mass is 32.2. The van der Waals surface area contributed by atoms with Crippen molar-refractivity contribution in [2.45, 2.75) is 30.9 Å². The summed E-state index contributed by atoms with van der Waals surface area (Å²) < 4.78 is 0. The molecule has 0 amide bonds. The van der Waals surface area contributed by atoms with Gasteiger partial charge in [0.25, 0.3) is 0 Å². The van der Waals surface area contributed by atoms with Crippen molar-refractivity contribution in [1.82, 2.24) is 0 Å². The number of carboxylic acid groups (broad SMARTS) is 1. The summed E-state index contributed by atoms with van der Waals surface area (Å²) in [5, 5.41) is 18.9. The number of nitrogens with zero attached hydrogens (tertiary/aromatic N) is 2. The molecule has 1 aliphatic heterocycles. The van der Waals surface area contributed by atoms with Crippen molar-refractivity contribution in [3.05, 3.63) is 135 Å². The fourth-order valence-corrected chi connectivity index (χ4v) is 10.1. The van der Waals surface area contributed by atoms with Crippen LogP contribution in [0.4, 0.5) is 17.1 Å². The van der Waals surface area contributed by atoms with Gasteiger partial charge in [-0.2, -0.15) is 5.26 Å². The number of allylic oxidation sites excluding steroid dienone is 1. The molecule has 4 nitrogen and oxygen atoms in total. The largest absolute Gasteiger partial charge is 0.477 e. The fourth-order valence-electron chi connectivity index (χ4n) is 5.94. The first kappa shape index (κ1) is 28.4. The molecule has 1 aliphatic carbocycles. The maximum atomic E-state index is 11.4. The highest BCUT2D eigenvalue weighted by Gasteiger charge is 2.40. The van der Waals surface area contributed by atoms with E-state index in [0.29, 0.717) is 5.25 Å². The van der Waals surface area contributed by atoms with Crippen LogP contribution in [0.15, 0.2) is 109 Å². The number of aliphatic carboxylic acids is 1. The Labute approximate surface area is 269 Å². The molecule has 2 aliphatic rings. The van der Waals surface area contributed by atoms with Crippen LogP contribution in [0.25, 0.3) is 20.7 Å². The zero-order chi connectivity index (χ0) is 30.4. The summed E-state index contributed by atoms with van der Waals surface area (Å²) in [4.78, 5) is 19.6. The number of fused-ring (bicyclic) bond motifs is 3. The molecule has 0 radical (unpaired) electrons. The molecule has 1 atom stereocenters. The van der Waals surface area contributed by atoms with Crippen molar-refractivity contribution < 1.29 is 9.90 Å². The molecule has 7 heteroatoms. The van der Waals surface area contributed by atoms with Gasteiger partial charge in [-0.3, -0.25) is 0 Å². The smallest absolute Gasteiger partial charge is 0.346 e. The van der Waals surface area contributed by atoms with Crippen LogP contribution < -0.4 is 4.90 Å². The van der Waals surface area contributed by atoms with Crippen LogP contribution in [0.1, 0.15) is 52.0 Å². The number of hydrogen-bond donors (Lipinski definition) is 1. The molecule has 44 heavy (non-hydrogen) atoms. The van der Waals surface area contributed by atoms with E-state index >= 15 is 0 Å². The van der Waals surface area contributed by atoms with Gasteiger partial charge in [0, 0.05) is 52.1 Å². The molecule has 3 aromatic carbocycles. The molecule has 3 heterocycles. The predicted octanol–water partition coefficient (Wildman–Crippen LogP) is 10.8. The summed E-state index contributed by atoms with van der Waals surface area (Å²) in [6.07, 6.45) is 4.83. The van der Waals surface area contributed by atoms with Gasteiger partial charge >= 0.3 is 5.97 Å². The van der Waals surface area contributed by atoms with Gasteiger partial charge in [0.05, 0.1) is 0 Å². The Kier molecular flexibility index (Phi) is 7.30. The van der Waals surface area contributed by atoms with Gasteiger partial charge in [0.15, 0.2) is 0 Å². The Balaban J connectivity index is 1.12. The number of hydrogen-bond acceptors (Lipinski definition) is 6. The lowest BCUT2D eigenvalue weighted by atomic mass is 9.83. The van der Waals surface area contributed by atoms with Gasteiger partial charge in [-0.1, -0.05) is 68.5 Å². The first-order valence-corrected chi connectivity index (χ1v) is 16.9. The predicted molar refractivity (Wildman–Crippen MR) is 185 cm³/mol. The minimum atomic E-state index is -1.19. The van der Waals surface area contributed by atoms with E-state index in [-0.39, 0.29) is 11.0 Å². The number of rotatable bonds is 7. The van der Waals surface area contributed by atoms with E-state index in [1.165, 1.54) is 42.3 Å². The van der Waals surface area contributed by atoms with Crippen LogP contribution in [0, 0.1) is 11.3 Å². The van der Waals surface area contributed by atoms with E-state index in [1.54, 1.807) is 17.4 Å². The number of para-hydroxylation sites is 2. The molecule has 2 aromatic heterocycles. The lowest BCUT2D eigenvalue weighted by molar-refractivity contribution is -0.132. The summed E-state index contributed by atoms with van der Waals surface area (Å²) in [7, 11) is 0. The molecule has 5 aromatic rings. The minimum absolute atomic E-state index is 0.170. The van der Waals surface area contributed by atoms with Crippen LogP contribution in [0.5, 0.6) is 0 Å². The number of thiophene rings is 2. The second-order valence-electron chi connectivity index (χ2n) is 11.3. The molecular weight excluding hydrogens is 601 g/mol. The van der Waals surface area contributed by atoms with Gasteiger partial charge in [0.2, 0.25) is 0 Å². The average Bonchev–Trinajstić information content (AvgIpc) is 3.82. The number of anilines is 3. The van der Waals surface area contributed by atoms with Crippen molar-refractivity contribution in [3.8, 4) is 15.8 Å². The van der Waals surface area contributed by atoms with Gasteiger partial charge in [-0.05, 0) is 77.7 Å². The third kappa shape index (κ3) is 4.99. The number of carboxylic acids is 1. The SMILES string of the molecule is CC1(C)c2cc(/C=C(\C#N)C(=O)O)sc2-c2sc(C3CC=C(c4ccc(N(c5ccccc5)c5ccccc5)cc4)S3)cc21. The Morgan fingerprint density at radius 2 is 1.48 bits per heavy atom. The molecule has 0 spiro atoms. The highest BCUT2D eigenvalue weighted by Crippen LogP contribution is 2.59. The molecule has 0 fully saturated rings. The minimum Gasteiger partial charge on any atom is -0.477 e. The van der Waals surface area contributed by atoms with E-state index in [4.69, 9.17) is 0 Å². The van der Waals surface area contributed by atoms with Crippen LogP contribution in [-0.4, -0.2) is 11.1 Å². The van der Waals surface area contributed by atoms with Crippen molar-refractivity contribution in [2.24, 2.45) is 0 Å². The van der Waals surface area contributed by atoms with E-state index in [1.807, 2.05) is 35.2 Å². The molecule has 1 N–H and O–H groups in total. The molecule has 0 bridgehead atoms. The first-order chi connectivity index (χ1) is 21.3. The quantitative estimate of drug-likeness (QED) is 0.143. The summed E-state index contributed by atoms with van der Waals surface area (Å²) in [5.41, 5.74) is 6.74. The van der Waals surface area contributed by atoms with E-state index < -0.39 is 5.97 Å². The number of carbonyl (C=O) groups is 1. The maximum Gasteiger partial charge on any atom is 0.346 e.